The van der Waals surface area contributed by atoms with Crippen LogP contribution in [0.2, 0.25) is 5.04 Å². The minimum atomic E-state index is -0.639. The highest BCUT2D eigenvalue weighted by atomic mass is 28.2. The summed E-state index contributed by atoms with van der Waals surface area (Å²) < 4.78 is 16.4. The summed E-state index contributed by atoms with van der Waals surface area (Å²) in [5.74, 6) is 2.17. The number of benzene rings is 1. The Morgan fingerprint density at radius 2 is 1.62 bits per heavy atom. The summed E-state index contributed by atoms with van der Waals surface area (Å²) in [6.07, 6.45) is 0. The fourth-order valence-electron chi connectivity index (χ4n) is 1.27. The number of para-hydroxylation sites is 1. The van der Waals surface area contributed by atoms with Crippen molar-refractivity contribution in [3.05, 3.63) is 18.2 Å². The van der Waals surface area contributed by atoms with Crippen LogP contribution in [-0.4, -0.2) is 24.0 Å². The molecule has 0 aliphatic carbocycles. The van der Waals surface area contributed by atoms with E-state index in [0.29, 0.717) is 11.5 Å². The molecule has 0 spiro atoms. The highest BCUT2D eigenvalue weighted by Gasteiger charge is 2.16. The van der Waals surface area contributed by atoms with Crippen molar-refractivity contribution in [1.29, 1.82) is 0 Å². The number of ether oxygens (including phenoxy) is 2. The van der Waals surface area contributed by atoms with Gasteiger partial charge < -0.3 is 13.9 Å². The van der Waals surface area contributed by atoms with Crippen LogP contribution in [0.3, 0.4) is 0 Å². The Balaban J connectivity index is 2.87. The van der Waals surface area contributed by atoms with Gasteiger partial charge in [-0.2, -0.15) is 0 Å². The van der Waals surface area contributed by atoms with E-state index in [4.69, 9.17) is 13.9 Å². The molecule has 0 N–H and O–H groups in total. The predicted octanol–water partition coefficient (Wildman–Crippen LogP) is 2.38. The summed E-state index contributed by atoms with van der Waals surface area (Å²) in [5.41, 5.74) is 0. The van der Waals surface area contributed by atoms with Crippen molar-refractivity contribution in [2.24, 2.45) is 0 Å². The Bertz CT molecular complexity index is 345. The summed E-state index contributed by atoms with van der Waals surface area (Å²) in [6, 6.07) is 5.69. The van der Waals surface area contributed by atoms with E-state index in [9.17, 15) is 0 Å². The number of methoxy groups -OCH3 is 2. The molecule has 16 heavy (non-hydrogen) atoms. The first kappa shape index (κ1) is 12.9. The predicted molar refractivity (Wildman–Crippen MR) is 68.4 cm³/mol. The molecule has 0 aromatic heterocycles. The monoisotopic (exact) mass is 240 g/mol. The molecule has 1 rings (SSSR count). The van der Waals surface area contributed by atoms with Crippen LogP contribution in [-0.2, 0) is 0 Å². The zero-order valence-corrected chi connectivity index (χ0v) is 12.1. The van der Waals surface area contributed by atoms with E-state index < -0.39 is 9.76 Å². The van der Waals surface area contributed by atoms with Gasteiger partial charge in [0.25, 0.3) is 0 Å². The molecule has 0 amide bonds. The molecule has 4 heteroatoms. The first-order valence-corrected chi connectivity index (χ1v) is 6.60. The van der Waals surface area contributed by atoms with Gasteiger partial charge in [0.2, 0.25) is 15.5 Å². The number of hydrogen-bond donors (Lipinski definition) is 0. The van der Waals surface area contributed by atoms with E-state index in [1.807, 2.05) is 18.2 Å². The molecule has 0 radical (unpaired) electrons. The van der Waals surface area contributed by atoms with Crippen LogP contribution in [0.4, 0.5) is 0 Å². The van der Waals surface area contributed by atoms with Gasteiger partial charge in [-0.15, -0.1) is 0 Å². The van der Waals surface area contributed by atoms with Crippen LogP contribution in [0.25, 0.3) is 0 Å². The molecule has 0 unspecified atom stereocenters. The van der Waals surface area contributed by atoms with Gasteiger partial charge in [0, 0.05) is 0 Å². The van der Waals surface area contributed by atoms with Gasteiger partial charge >= 0.3 is 0 Å². The third kappa shape index (κ3) is 3.45. The summed E-state index contributed by atoms with van der Waals surface area (Å²) in [7, 11) is 2.62. The maximum Gasteiger partial charge on any atom is 0.225 e. The van der Waals surface area contributed by atoms with Crippen LogP contribution in [0.1, 0.15) is 20.8 Å². The molecule has 0 aliphatic rings. The maximum absolute atomic E-state index is 5.87. The fraction of sp³-hybridized carbons (Fsp3) is 0.500. The zero-order chi connectivity index (χ0) is 12.2. The van der Waals surface area contributed by atoms with E-state index in [1.165, 1.54) is 0 Å². The second kappa shape index (κ2) is 5.25. The van der Waals surface area contributed by atoms with E-state index >= 15 is 0 Å². The Morgan fingerprint density at radius 1 is 1.00 bits per heavy atom. The molecule has 0 bridgehead atoms. The lowest BCUT2D eigenvalue weighted by Gasteiger charge is -2.20. The highest BCUT2D eigenvalue weighted by Crippen LogP contribution is 2.37. The van der Waals surface area contributed by atoms with Gasteiger partial charge in [-0.3, -0.25) is 0 Å². The first-order valence-electron chi connectivity index (χ1n) is 5.32. The number of hydrogen-bond acceptors (Lipinski definition) is 3. The van der Waals surface area contributed by atoms with Gasteiger partial charge in [0.1, 0.15) is 5.75 Å². The Labute approximate surface area is 99.7 Å². The summed E-state index contributed by atoms with van der Waals surface area (Å²) in [6.45, 7) is 6.56. The molecular formula is C12H20O3Si. The van der Waals surface area contributed by atoms with Gasteiger partial charge in [-0.1, -0.05) is 26.8 Å². The summed E-state index contributed by atoms with van der Waals surface area (Å²) in [5, 5.41) is 0.258. The minimum Gasteiger partial charge on any atom is -0.546 e. The lowest BCUT2D eigenvalue weighted by Crippen LogP contribution is -2.15. The van der Waals surface area contributed by atoms with Crippen molar-refractivity contribution >= 4 is 9.76 Å². The van der Waals surface area contributed by atoms with Crippen molar-refractivity contribution in [3.63, 3.8) is 0 Å². The molecule has 0 saturated carbocycles. The normalized spacial score (nSPS) is 11.8. The maximum atomic E-state index is 5.87. The molecular weight excluding hydrogens is 220 g/mol. The van der Waals surface area contributed by atoms with Crippen molar-refractivity contribution in [2.45, 2.75) is 25.8 Å². The molecule has 0 atom stereocenters. The lowest BCUT2D eigenvalue weighted by atomic mass is 10.3. The van der Waals surface area contributed by atoms with Crippen LogP contribution in [0.15, 0.2) is 18.2 Å². The fourth-order valence-corrected chi connectivity index (χ4v) is 2.08. The lowest BCUT2D eigenvalue weighted by molar-refractivity contribution is 0.343. The largest absolute Gasteiger partial charge is 0.546 e. The summed E-state index contributed by atoms with van der Waals surface area (Å²) >= 11 is 0. The average molecular weight is 240 g/mol. The molecule has 1 aromatic carbocycles. The SMILES string of the molecule is COc1cccc(O[SiH2]C(C)(C)C)c1OC. The molecule has 0 saturated heterocycles. The van der Waals surface area contributed by atoms with E-state index in [0.717, 1.165) is 5.75 Å². The van der Waals surface area contributed by atoms with Crippen molar-refractivity contribution in [2.75, 3.05) is 14.2 Å². The Hall–Kier alpha value is -1.16. The minimum absolute atomic E-state index is 0.258. The second-order valence-electron chi connectivity index (χ2n) is 4.84. The second-order valence-corrected chi connectivity index (χ2v) is 7.54. The molecule has 0 heterocycles. The third-order valence-electron chi connectivity index (χ3n) is 2.03. The Kier molecular flexibility index (Phi) is 4.24. The van der Waals surface area contributed by atoms with Crippen LogP contribution in [0, 0.1) is 0 Å². The van der Waals surface area contributed by atoms with E-state index in [-0.39, 0.29) is 5.04 Å². The van der Waals surface area contributed by atoms with Gasteiger partial charge in [-0.05, 0) is 17.2 Å². The first-order chi connectivity index (χ1) is 7.48. The van der Waals surface area contributed by atoms with Crippen LogP contribution in [0.5, 0.6) is 17.2 Å². The molecule has 0 aliphatic heterocycles. The van der Waals surface area contributed by atoms with E-state index in [2.05, 4.69) is 20.8 Å². The van der Waals surface area contributed by atoms with Crippen molar-refractivity contribution in [3.8, 4) is 17.2 Å². The standard InChI is InChI=1S/C12H20O3Si/c1-12(2,3)16-15-10-8-6-7-9(13-4)11(10)14-5/h6-8H,16H2,1-5H3. The Morgan fingerprint density at radius 3 is 2.12 bits per heavy atom. The average Bonchev–Trinajstić information content (AvgIpc) is 2.24. The molecule has 3 nitrogen and oxygen atoms in total. The van der Waals surface area contributed by atoms with Gasteiger partial charge in [0.15, 0.2) is 5.75 Å². The molecule has 90 valence electrons. The number of rotatable bonds is 4. The molecule has 1 aromatic rings. The molecule has 0 fully saturated rings. The van der Waals surface area contributed by atoms with Crippen molar-refractivity contribution < 1.29 is 13.9 Å². The van der Waals surface area contributed by atoms with Gasteiger partial charge in [-0.25, -0.2) is 0 Å². The van der Waals surface area contributed by atoms with E-state index in [1.54, 1.807) is 14.2 Å². The highest BCUT2D eigenvalue weighted by molar-refractivity contribution is 6.32. The smallest absolute Gasteiger partial charge is 0.225 e. The van der Waals surface area contributed by atoms with Crippen molar-refractivity contribution in [1.82, 2.24) is 0 Å². The quantitative estimate of drug-likeness (QED) is 0.756. The topological polar surface area (TPSA) is 27.7 Å². The van der Waals surface area contributed by atoms with Gasteiger partial charge in [0.05, 0.1) is 14.2 Å². The van der Waals surface area contributed by atoms with Crippen LogP contribution >= 0.6 is 0 Å². The third-order valence-corrected chi connectivity index (χ3v) is 3.35. The van der Waals surface area contributed by atoms with Crippen LogP contribution < -0.4 is 13.9 Å². The summed E-state index contributed by atoms with van der Waals surface area (Å²) in [4.78, 5) is 0. The zero-order valence-electron chi connectivity index (χ0n) is 10.7.